The largest absolute Gasteiger partial charge is 0.416 e. The maximum atomic E-state index is 12.6. The maximum Gasteiger partial charge on any atom is 0.416 e. The maximum absolute atomic E-state index is 12.6. The smallest absolute Gasteiger partial charge is 0.382 e. The van der Waals surface area contributed by atoms with Gasteiger partial charge in [0.15, 0.2) is 6.10 Å². The lowest BCUT2D eigenvalue weighted by Crippen LogP contribution is -2.07. The predicted octanol–water partition coefficient (Wildman–Crippen LogP) is 4.74. The minimum atomic E-state index is -4.35. The second-order valence-electron chi connectivity index (χ2n) is 4.94. The summed E-state index contributed by atoms with van der Waals surface area (Å²) in [6.45, 7) is 3.96. The zero-order valence-electron chi connectivity index (χ0n) is 11.5. The van der Waals surface area contributed by atoms with Crippen molar-refractivity contribution in [2.75, 3.05) is 0 Å². The molecular formula is C17H12F3NO. The van der Waals surface area contributed by atoms with Crippen LogP contribution in [0.2, 0.25) is 0 Å². The Kier molecular flexibility index (Phi) is 3.48. The highest BCUT2D eigenvalue weighted by molar-refractivity contribution is 6.13. The molecule has 1 atom stereocenters. The third-order valence-electron chi connectivity index (χ3n) is 3.46. The van der Waals surface area contributed by atoms with Crippen LogP contribution in [0.25, 0.3) is 0 Å². The Bertz CT molecular complexity index is 718. The molecule has 5 heteroatoms. The van der Waals surface area contributed by atoms with E-state index in [9.17, 15) is 13.2 Å². The molecule has 3 rings (SSSR count). The van der Waals surface area contributed by atoms with Gasteiger partial charge in [-0.3, -0.25) is 0 Å². The van der Waals surface area contributed by atoms with Crippen molar-refractivity contribution >= 4 is 5.71 Å². The van der Waals surface area contributed by atoms with Crippen LogP contribution in [0.4, 0.5) is 13.2 Å². The molecule has 1 aliphatic heterocycles. The summed E-state index contributed by atoms with van der Waals surface area (Å²) in [5, 5.41) is 4.01. The molecule has 2 nitrogen and oxygen atoms in total. The van der Waals surface area contributed by atoms with Gasteiger partial charge in [-0.2, -0.15) is 13.2 Å². The summed E-state index contributed by atoms with van der Waals surface area (Å²) in [6.07, 6.45) is -4.91. The summed E-state index contributed by atoms with van der Waals surface area (Å²) in [5.74, 6) is 0. The van der Waals surface area contributed by atoms with Crippen molar-refractivity contribution in [3.63, 3.8) is 0 Å². The van der Waals surface area contributed by atoms with Gasteiger partial charge in [0.1, 0.15) is 5.71 Å². The molecule has 0 aliphatic carbocycles. The molecule has 1 unspecified atom stereocenters. The number of hydrogen-bond acceptors (Lipinski definition) is 2. The summed E-state index contributed by atoms with van der Waals surface area (Å²) in [6, 6.07) is 14.2. The number of nitrogens with zero attached hydrogens (tertiary/aromatic N) is 1. The fourth-order valence-electron chi connectivity index (χ4n) is 2.29. The van der Waals surface area contributed by atoms with Crippen LogP contribution in [0.15, 0.2) is 71.9 Å². The molecule has 0 bridgehead atoms. The Morgan fingerprint density at radius 1 is 0.955 bits per heavy atom. The fraction of sp³-hybridized carbons (Fsp3) is 0.118. The van der Waals surface area contributed by atoms with E-state index in [0.717, 1.165) is 17.7 Å². The van der Waals surface area contributed by atoms with Crippen molar-refractivity contribution in [1.82, 2.24) is 0 Å². The van der Waals surface area contributed by atoms with E-state index in [1.807, 2.05) is 30.3 Å². The topological polar surface area (TPSA) is 21.6 Å². The molecule has 0 N–H and O–H groups in total. The summed E-state index contributed by atoms with van der Waals surface area (Å²) < 4.78 is 37.8. The number of rotatable bonds is 2. The monoisotopic (exact) mass is 303 g/mol. The molecule has 2 aromatic carbocycles. The van der Waals surface area contributed by atoms with Crippen LogP contribution in [0.1, 0.15) is 22.8 Å². The van der Waals surface area contributed by atoms with Gasteiger partial charge in [-0.25, -0.2) is 0 Å². The van der Waals surface area contributed by atoms with E-state index in [1.165, 1.54) is 12.1 Å². The van der Waals surface area contributed by atoms with Gasteiger partial charge in [0.05, 0.1) is 5.56 Å². The zero-order valence-corrected chi connectivity index (χ0v) is 11.5. The first kappa shape index (κ1) is 14.4. The Balaban J connectivity index is 1.82. The van der Waals surface area contributed by atoms with Crippen molar-refractivity contribution < 1.29 is 18.0 Å². The van der Waals surface area contributed by atoms with Gasteiger partial charge < -0.3 is 4.84 Å². The van der Waals surface area contributed by atoms with Crippen LogP contribution in [0.3, 0.4) is 0 Å². The summed E-state index contributed by atoms with van der Waals surface area (Å²) >= 11 is 0. The molecule has 2 aromatic rings. The summed E-state index contributed by atoms with van der Waals surface area (Å²) in [4.78, 5) is 5.35. The van der Waals surface area contributed by atoms with Crippen LogP contribution in [0.5, 0.6) is 0 Å². The van der Waals surface area contributed by atoms with Crippen LogP contribution < -0.4 is 0 Å². The van der Waals surface area contributed by atoms with E-state index in [4.69, 9.17) is 4.84 Å². The molecule has 22 heavy (non-hydrogen) atoms. The number of benzene rings is 2. The Labute approximate surface area is 125 Å². The Morgan fingerprint density at radius 3 is 2.18 bits per heavy atom. The lowest BCUT2D eigenvalue weighted by molar-refractivity contribution is -0.137. The average Bonchev–Trinajstić information content (AvgIpc) is 2.89. The van der Waals surface area contributed by atoms with E-state index in [0.29, 0.717) is 16.8 Å². The van der Waals surface area contributed by atoms with Gasteiger partial charge in [-0.15, -0.1) is 0 Å². The van der Waals surface area contributed by atoms with Crippen molar-refractivity contribution in [3.8, 4) is 0 Å². The number of halogens is 3. The normalized spacial score (nSPS) is 18.0. The van der Waals surface area contributed by atoms with E-state index >= 15 is 0 Å². The first-order valence-corrected chi connectivity index (χ1v) is 6.62. The van der Waals surface area contributed by atoms with E-state index in [1.54, 1.807) is 0 Å². The fourth-order valence-corrected chi connectivity index (χ4v) is 2.29. The highest BCUT2D eigenvalue weighted by Crippen LogP contribution is 2.35. The molecule has 0 radical (unpaired) electrons. The van der Waals surface area contributed by atoms with Gasteiger partial charge >= 0.3 is 6.18 Å². The second-order valence-corrected chi connectivity index (χ2v) is 4.94. The number of alkyl halides is 3. The third-order valence-corrected chi connectivity index (χ3v) is 3.46. The van der Waals surface area contributed by atoms with Crippen molar-refractivity contribution in [1.29, 1.82) is 0 Å². The molecule has 0 aromatic heterocycles. The molecule has 112 valence electrons. The number of oxime groups is 1. The lowest BCUT2D eigenvalue weighted by Gasteiger charge is -2.12. The second kappa shape index (κ2) is 5.33. The van der Waals surface area contributed by atoms with Crippen molar-refractivity contribution in [2.24, 2.45) is 5.16 Å². The van der Waals surface area contributed by atoms with Crippen LogP contribution in [-0.2, 0) is 11.0 Å². The van der Waals surface area contributed by atoms with E-state index in [-0.39, 0.29) is 0 Å². The average molecular weight is 303 g/mol. The SMILES string of the molecule is C=C1C(c2ccccc2)=NOC1c1ccc(C(F)(F)F)cc1. The minimum Gasteiger partial charge on any atom is -0.382 e. The quantitative estimate of drug-likeness (QED) is 0.785. The van der Waals surface area contributed by atoms with Crippen molar-refractivity contribution in [3.05, 3.63) is 83.4 Å². The predicted molar refractivity (Wildman–Crippen MR) is 77.4 cm³/mol. The molecule has 0 saturated carbocycles. The molecule has 0 fully saturated rings. The molecule has 0 amide bonds. The Morgan fingerprint density at radius 2 is 1.59 bits per heavy atom. The van der Waals surface area contributed by atoms with Crippen molar-refractivity contribution in [2.45, 2.75) is 12.3 Å². The Hall–Kier alpha value is -2.56. The molecule has 1 aliphatic rings. The summed E-state index contributed by atoms with van der Waals surface area (Å²) in [5.41, 5.74) is 2.01. The third kappa shape index (κ3) is 2.62. The van der Waals surface area contributed by atoms with Gasteiger partial charge in [0.2, 0.25) is 0 Å². The van der Waals surface area contributed by atoms with Crippen LogP contribution in [0, 0.1) is 0 Å². The van der Waals surface area contributed by atoms with E-state index < -0.39 is 17.8 Å². The van der Waals surface area contributed by atoms with Gasteiger partial charge in [0.25, 0.3) is 0 Å². The lowest BCUT2D eigenvalue weighted by atomic mass is 9.95. The number of hydrogen-bond donors (Lipinski definition) is 0. The molecular weight excluding hydrogens is 291 g/mol. The van der Waals surface area contributed by atoms with Gasteiger partial charge in [0, 0.05) is 11.1 Å². The molecule has 1 heterocycles. The van der Waals surface area contributed by atoms with E-state index in [2.05, 4.69) is 11.7 Å². The highest BCUT2D eigenvalue weighted by Gasteiger charge is 2.32. The van der Waals surface area contributed by atoms with Gasteiger partial charge in [-0.05, 0) is 17.7 Å². The minimum absolute atomic E-state index is 0.558. The molecule has 0 spiro atoms. The first-order valence-electron chi connectivity index (χ1n) is 6.62. The summed E-state index contributed by atoms with van der Waals surface area (Å²) in [7, 11) is 0. The standard InChI is InChI=1S/C17H12F3NO/c1-11-15(12-5-3-2-4-6-12)21-22-16(11)13-7-9-14(10-8-13)17(18,19)20/h2-10,16H,1H2. The zero-order chi connectivity index (χ0) is 15.7. The molecule has 0 saturated heterocycles. The van der Waals surface area contributed by atoms with Crippen LogP contribution in [-0.4, -0.2) is 5.71 Å². The first-order chi connectivity index (χ1) is 10.5. The van der Waals surface area contributed by atoms with Gasteiger partial charge in [-0.1, -0.05) is 54.2 Å². The van der Waals surface area contributed by atoms with Crippen LogP contribution >= 0.6 is 0 Å². The highest BCUT2D eigenvalue weighted by atomic mass is 19.4.